The standard InChI is InChI=1S/C10H14N2O3/c1-4-5-8-9(6(2)11-12-8)10(14)15-7(3)13/h9H,4-5H2,1-3H3. The molecular formula is C10H14N2O3. The summed E-state index contributed by atoms with van der Waals surface area (Å²) in [6.45, 7) is 4.90. The van der Waals surface area contributed by atoms with Gasteiger partial charge in [-0.1, -0.05) is 13.3 Å². The fraction of sp³-hybridized carbons (Fsp3) is 0.600. The first-order valence-corrected chi connectivity index (χ1v) is 4.89. The molecule has 15 heavy (non-hydrogen) atoms. The van der Waals surface area contributed by atoms with Crippen LogP contribution in [0.5, 0.6) is 0 Å². The Morgan fingerprint density at radius 1 is 1.40 bits per heavy atom. The average molecular weight is 210 g/mol. The van der Waals surface area contributed by atoms with Gasteiger partial charge in [0, 0.05) is 6.92 Å². The summed E-state index contributed by atoms with van der Waals surface area (Å²) in [7, 11) is 0. The van der Waals surface area contributed by atoms with Crippen molar-refractivity contribution in [2.45, 2.75) is 33.6 Å². The van der Waals surface area contributed by atoms with E-state index in [0.717, 1.165) is 6.42 Å². The highest BCUT2D eigenvalue weighted by atomic mass is 16.6. The maximum Gasteiger partial charge on any atom is 0.328 e. The van der Waals surface area contributed by atoms with E-state index in [-0.39, 0.29) is 0 Å². The van der Waals surface area contributed by atoms with Crippen LogP contribution in [0.15, 0.2) is 10.2 Å². The summed E-state index contributed by atoms with van der Waals surface area (Å²) in [6, 6.07) is 0. The van der Waals surface area contributed by atoms with E-state index >= 15 is 0 Å². The third-order valence-corrected chi connectivity index (χ3v) is 2.07. The van der Waals surface area contributed by atoms with Gasteiger partial charge in [0.05, 0.1) is 11.4 Å². The number of esters is 2. The van der Waals surface area contributed by atoms with E-state index in [4.69, 9.17) is 0 Å². The van der Waals surface area contributed by atoms with Crippen molar-refractivity contribution in [1.82, 2.24) is 0 Å². The van der Waals surface area contributed by atoms with Crippen LogP contribution in [0, 0.1) is 5.92 Å². The predicted molar refractivity (Wildman–Crippen MR) is 55.7 cm³/mol. The molecule has 1 aliphatic heterocycles. The van der Waals surface area contributed by atoms with Gasteiger partial charge in [0.15, 0.2) is 0 Å². The number of nitrogens with zero attached hydrogens (tertiary/aromatic N) is 2. The molecule has 0 aromatic heterocycles. The molecule has 0 bridgehead atoms. The maximum absolute atomic E-state index is 11.5. The number of hydrogen-bond acceptors (Lipinski definition) is 5. The molecule has 1 aliphatic rings. The zero-order valence-corrected chi connectivity index (χ0v) is 9.11. The third-order valence-electron chi connectivity index (χ3n) is 2.07. The highest BCUT2D eigenvalue weighted by Gasteiger charge is 2.32. The molecule has 0 aliphatic carbocycles. The van der Waals surface area contributed by atoms with Crippen LogP contribution in [-0.4, -0.2) is 23.4 Å². The summed E-state index contributed by atoms with van der Waals surface area (Å²) in [5.74, 6) is -1.74. The minimum atomic E-state index is -0.601. The third kappa shape index (κ3) is 2.71. The molecule has 0 spiro atoms. The molecule has 0 saturated heterocycles. The molecule has 0 amide bonds. The van der Waals surface area contributed by atoms with Gasteiger partial charge in [-0.2, -0.15) is 10.2 Å². The van der Waals surface area contributed by atoms with Gasteiger partial charge >= 0.3 is 11.9 Å². The van der Waals surface area contributed by atoms with E-state index in [0.29, 0.717) is 17.8 Å². The second-order valence-electron chi connectivity index (χ2n) is 3.43. The van der Waals surface area contributed by atoms with Crippen molar-refractivity contribution in [1.29, 1.82) is 0 Å². The van der Waals surface area contributed by atoms with Crippen molar-refractivity contribution in [3.05, 3.63) is 0 Å². The average Bonchev–Trinajstić information content (AvgIpc) is 2.46. The smallest absolute Gasteiger partial charge is 0.328 e. The van der Waals surface area contributed by atoms with Gasteiger partial charge < -0.3 is 4.74 Å². The van der Waals surface area contributed by atoms with Crippen molar-refractivity contribution < 1.29 is 14.3 Å². The molecule has 0 aromatic rings. The quantitative estimate of drug-likeness (QED) is 0.521. The molecule has 5 heteroatoms. The van der Waals surface area contributed by atoms with Crippen molar-refractivity contribution in [3.63, 3.8) is 0 Å². The van der Waals surface area contributed by atoms with Gasteiger partial charge in [-0.05, 0) is 13.3 Å². The van der Waals surface area contributed by atoms with Crippen LogP contribution in [0.2, 0.25) is 0 Å². The summed E-state index contributed by atoms with van der Waals surface area (Å²) in [5, 5.41) is 7.75. The fourth-order valence-corrected chi connectivity index (χ4v) is 1.46. The number of carbonyl (C=O) groups excluding carboxylic acids is 2. The first-order valence-electron chi connectivity index (χ1n) is 4.89. The Morgan fingerprint density at radius 2 is 2.07 bits per heavy atom. The first kappa shape index (κ1) is 11.6. The number of ether oxygens (including phenoxy) is 1. The Balaban J connectivity index is 2.73. The molecular weight excluding hydrogens is 196 g/mol. The Morgan fingerprint density at radius 3 is 2.60 bits per heavy atom. The topological polar surface area (TPSA) is 68.1 Å². The summed E-state index contributed by atoms with van der Waals surface area (Å²) in [5.41, 5.74) is 1.27. The summed E-state index contributed by atoms with van der Waals surface area (Å²) in [4.78, 5) is 22.2. The van der Waals surface area contributed by atoms with Crippen molar-refractivity contribution in [2.24, 2.45) is 16.1 Å². The predicted octanol–water partition coefficient (Wildman–Crippen LogP) is 1.32. The molecule has 5 nitrogen and oxygen atoms in total. The Bertz CT molecular complexity index is 345. The molecule has 0 radical (unpaired) electrons. The minimum absolute atomic E-state index is 0.561. The van der Waals surface area contributed by atoms with E-state index in [1.54, 1.807) is 6.92 Å². The molecule has 1 atom stereocenters. The zero-order chi connectivity index (χ0) is 11.4. The molecule has 1 heterocycles. The molecule has 82 valence electrons. The van der Waals surface area contributed by atoms with Crippen molar-refractivity contribution in [2.75, 3.05) is 0 Å². The van der Waals surface area contributed by atoms with Crippen molar-refractivity contribution in [3.8, 4) is 0 Å². The van der Waals surface area contributed by atoms with Gasteiger partial charge in [0.1, 0.15) is 5.92 Å². The zero-order valence-electron chi connectivity index (χ0n) is 9.11. The van der Waals surface area contributed by atoms with Crippen LogP contribution in [0.4, 0.5) is 0 Å². The maximum atomic E-state index is 11.5. The lowest BCUT2D eigenvalue weighted by molar-refractivity contribution is -0.158. The van der Waals surface area contributed by atoms with Gasteiger partial charge in [0.2, 0.25) is 0 Å². The van der Waals surface area contributed by atoms with Crippen LogP contribution < -0.4 is 0 Å². The number of hydrogen-bond donors (Lipinski definition) is 0. The van der Waals surface area contributed by atoms with Crippen LogP contribution in [0.25, 0.3) is 0 Å². The summed E-state index contributed by atoms with van der Waals surface area (Å²) >= 11 is 0. The SMILES string of the molecule is CCCC1=NN=C(C)C1C(=O)OC(C)=O. The van der Waals surface area contributed by atoms with E-state index in [9.17, 15) is 9.59 Å². The first-order chi connectivity index (χ1) is 7.06. The molecule has 1 unspecified atom stereocenters. The van der Waals surface area contributed by atoms with Gasteiger partial charge in [0.25, 0.3) is 0 Å². The molecule has 0 fully saturated rings. The Kier molecular flexibility index (Phi) is 3.71. The van der Waals surface area contributed by atoms with E-state index in [1.807, 2.05) is 6.92 Å². The Labute approximate surface area is 88.2 Å². The lowest BCUT2D eigenvalue weighted by Crippen LogP contribution is -2.30. The normalized spacial score (nSPS) is 19.5. The fourth-order valence-electron chi connectivity index (χ4n) is 1.46. The largest absolute Gasteiger partial charge is 0.393 e. The second kappa shape index (κ2) is 4.82. The Hall–Kier alpha value is -1.52. The van der Waals surface area contributed by atoms with Crippen LogP contribution in [0.3, 0.4) is 0 Å². The van der Waals surface area contributed by atoms with Gasteiger partial charge in [-0.3, -0.25) is 9.59 Å². The molecule has 0 aromatic carbocycles. The van der Waals surface area contributed by atoms with E-state index in [1.165, 1.54) is 6.92 Å². The van der Waals surface area contributed by atoms with Gasteiger partial charge in [-0.25, -0.2) is 0 Å². The number of carbonyl (C=O) groups is 2. The number of rotatable bonds is 3. The van der Waals surface area contributed by atoms with E-state index < -0.39 is 17.9 Å². The minimum Gasteiger partial charge on any atom is -0.393 e. The molecule has 0 N–H and O–H groups in total. The molecule has 0 saturated carbocycles. The van der Waals surface area contributed by atoms with Crippen LogP contribution in [-0.2, 0) is 14.3 Å². The molecule has 1 rings (SSSR count). The second-order valence-corrected chi connectivity index (χ2v) is 3.43. The highest BCUT2D eigenvalue weighted by Crippen LogP contribution is 2.17. The monoisotopic (exact) mass is 210 g/mol. The van der Waals surface area contributed by atoms with Crippen LogP contribution >= 0.6 is 0 Å². The summed E-state index contributed by atoms with van der Waals surface area (Å²) < 4.78 is 4.54. The lowest BCUT2D eigenvalue weighted by Gasteiger charge is -2.10. The highest BCUT2D eigenvalue weighted by molar-refractivity contribution is 6.23. The van der Waals surface area contributed by atoms with Gasteiger partial charge in [-0.15, -0.1) is 0 Å². The van der Waals surface area contributed by atoms with Crippen molar-refractivity contribution >= 4 is 23.4 Å². The summed E-state index contributed by atoms with van der Waals surface area (Å²) in [6.07, 6.45) is 1.57. The van der Waals surface area contributed by atoms with E-state index in [2.05, 4.69) is 14.9 Å². The lowest BCUT2D eigenvalue weighted by atomic mass is 9.96. The van der Waals surface area contributed by atoms with Crippen LogP contribution in [0.1, 0.15) is 33.6 Å².